The van der Waals surface area contributed by atoms with Gasteiger partial charge in [-0.15, -0.1) is 0 Å². The predicted octanol–water partition coefficient (Wildman–Crippen LogP) is 19.1. The maximum Gasteiger partial charge on any atom is 0.0540 e. The molecule has 0 aliphatic heterocycles. The van der Waals surface area contributed by atoms with E-state index in [0.717, 1.165) is 33.8 Å². The second kappa shape index (κ2) is 18.3. The fraction of sp³-hybridized carbons (Fsp3) is 0. The Hall–Kier alpha value is -9.04. The van der Waals surface area contributed by atoms with E-state index < -0.39 is 0 Å². The highest BCUT2D eigenvalue weighted by atomic mass is 15.1. The Morgan fingerprint density at radius 2 is 0.565 bits per heavy atom. The van der Waals surface area contributed by atoms with Crippen LogP contribution in [-0.2, 0) is 0 Å². The van der Waals surface area contributed by atoms with E-state index in [1.807, 2.05) is 0 Å². The quantitative estimate of drug-likeness (QED) is 0.124. The van der Waals surface area contributed by atoms with E-state index in [-0.39, 0.29) is 0 Å². The SMILES string of the molecule is c1ccc(-c2ccc(-c3ccc(N(c4ccc(-c5cccc6c5c(-c5ccccc5)c(-c5ccccc5)c5ccccc56)cc4)c4ccc(-c5ccccc5)cc4-c4ccccc4)cc3)cc2)cc1. The molecule has 0 N–H and O–H groups in total. The van der Waals surface area contributed by atoms with Gasteiger partial charge in [0.05, 0.1) is 5.69 Å². The van der Waals surface area contributed by atoms with Crippen molar-refractivity contribution in [1.82, 2.24) is 0 Å². The van der Waals surface area contributed by atoms with E-state index in [1.165, 1.54) is 82.7 Å². The summed E-state index contributed by atoms with van der Waals surface area (Å²) in [4.78, 5) is 2.42. The summed E-state index contributed by atoms with van der Waals surface area (Å²) >= 11 is 0. The van der Waals surface area contributed by atoms with Crippen molar-refractivity contribution >= 4 is 38.6 Å². The minimum atomic E-state index is 1.07. The molecule has 12 aromatic carbocycles. The van der Waals surface area contributed by atoms with Gasteiger partial charge in [-0.1, -0.05) is 249 Å². The number of benzene rings is 12. The molecule has 69 heavy (non-hydrogen) atoms. The summed E-state index contributed by atoms with van der Waals surface area (Å²) in [6.07, 6.45) is 0. The van der Waals surface area contributed by atoms with Crippen molar-refractivity contribution in [3.63, 3.8) is 0 Å². The number of hydrogen-bond donors (Lipinski definition) is 0. The Morgan fingerprint density at radius 3 is 1.10 bits per heavy atom. The van der Waals surface area contributed by atoms with Crippen molar-refractivity contribution in [2.24, 2.45) is 0 Å². The number of rotatable bonds is 10. The summed E-state index contributed by atoms with van der Waals surface area (Å²) in [7, 11) is 0. The molecule has 324 valence electrons. The Morgan fingerprint density at radius 1 is 0.203 bits per heavy atom. The summed E-state index contributed by atoms with van der Waals surface area (Å²) in [5.41, 5.74) is 20.0. The second-order valence-electron chi connectivity index (χ2n) is 17.6. The van der Waals surface area contributed by atoms with Crippen molar-refractivity contribution in [1.29, 1.82) is 0 Å². The lowest BCUT2D eigenvalue weighted by Gasteiger charge is -2.29. The Labute approximate surface area is 404 Å². The molecule has 0 saturated heterocycles. The highest BCUT2D eigenvalue weighted by Crippen LogP contribution is 2.49. The Bertz CT molecular complexity index is 3700. The van der Waals surface area contributed by atoms with Crippen LogP contribution in [0.2, 0.25) is 0 Å². The van der Waals surface area contributed by atoms with Gasteiger partial charge < -0.3 is 4.90 Å². The lowest BCUT2D eigenvalue weighted by atomic mass is 9.82. The molecule has 0 heterocycles. The third-order valence-corrected chi connectivity index (χ3v) is 13.5. The zero-order valence-electron chi connectivity index (χ0n) is 38.1. The van der Waals surface area contributed by atoms with Crippen LogP contribution in [0, 0.1) is 0 Å². The van der Waals surface area contributed by atoms with Crippen LogP contribution in [0.15, 0.2) is 285 Å². The average molecular weight is 878 g/mol. The van der Waals surface area contributed by atoms with Crippen LogP contribution < -0.4 is 4.90 Å². The molecule has 0 saturated carbocycles. The fourth-order valence-electron chi connectivity index (χ4n) is 10.2. The third kappa shape index (κ3) is 7.97. The van der Waals surface area contributed by atoms with Crippen molar-refractivity contribution in [2.75, 3.05) is 4.90 Å². The van der Waals surface area contributed by atoms with Crippen LogP contribution in [0.25, 0.3) is 99.4 Å². The molecule has 0 radical (unpaired) electrons. The molecular formula is C68H47N. The largest absolute Gasteiger partial charge is 0.310 e. The van der Waals surface area contributed by atoms with E-state index in [1.54, 1.807) is 0 Å². The molecule has 0 fully saturated rings. The molecule has 0 unspecified atom stereocenters. The second-order valence-corrected chi connectivity index (χ2v) is 17.6. The van der Waals surface area contributed by atoms with Gasteiger partial charge in [0, 0.05) is 16.9 Å². The van der Waals surface area contributed by atoms with Gasteiger partial charge in [0.15, 0.2) is 0 Å². The zero-order valence-corrected chi connectivity index (χ0v) is 38.1. The lowest BCUT2D eigenvalue weighted by Crippen LogP contribution is -2.11. The first-order chi connectivity index (χ1) is 34.2. The van der Waals surface area contributed by atoms with Crippen LogP contribution in [0.5, 0.6) is 0 Å². The summed E-state index contributed by atoms with van der Waals surface area (Å²) in [6.45, 7) is 0. The molecule has 0 aromatic heterocycles. The first-order valence-corrected chi connectivity index (χ1v) is 23.7. The van der Waals surface area contributed by atoms with Crippen LogP contribution >= 0.6 is 0 Å². The van der Waals surface area contributed by atoms with Crippen LogP contribution in [0.1, 0.15) is 0 Å². The molecule has 0 atom stereocenters. The van der Waals surface area contributed by atoms with Crippen molar-refractivity contribution < 1.29 is 0 Å². The molecule has 12 aromatic rings. The number of nitrogens with zero attached hydrogens (tertiary/aromatic N) is 1. The van der Waals surface area contributed by atoms with E-state index in [0.29, 0.717) is 0 Å². The Kier molecular flexibility index (Phi) is 11.0. The standard InChI is InChI=1S/C68H47N/c1-6-19-48(20-7-1)50-33-35-51(36-34-50)52-37-42-58(43-38-52)69(65-46-41-57(49-21-8-2-9-22-49)47-64(65)53-23-10-3-11-24-53)59-44-39-54(40-45-59)60-31-18-32-63-61-29-16-17-30-62(61)66(55-25-12-4-13-26-55)67(68(60)63)56-27-14-5-15-28-56/h1-47H. The van der Waals surface area contributed by atoms with Gasteiger partial charge in [0.2, 0.25) is 0 Å². The van der Waals surface area contributed by atoms with Crippen molar-refractivity contribution in [3.05, 3.63) is 285 Å². The maximum atomic E-state index is 2.42. The summed E-state index contributed by atoms with van der Waals surface area (Å²) < 4.78 is 0. The van der Waals surface area contributed by atoms with Crippen molar-refractivity contribution in [3.8, 4) is 77.9 Å². The van der Waals surface area contributed by atoms with Gasteiger partial charge in [0.25, 0.3) is 0 Å². The predicted molar refractivity (Wildman–Crippen MR) is 294 cm³/mol. The molecule has 1 nitrogen and oxygen atoms in total. The average Bonchev–Trinajstić information content (AvgIpc) is 3.44. The summed E-state index contributed by atoms with van der Waals surface area (Å²) in [5, 5.41) is 4.99. The van der Waals surface area contributed by atoms with E-state index in [2.05, 4.69) is 290 Å². The van der Waals surface area contributed by atoms with Gasteiger partial charge >= 0.3 is 0 Å². The van der Waals surface area contributed by atoms with Crippen LogP contribution in [-0.4, -0.2) is 0 Å². The first kappa shape index (κ1) is 41.4. The summed E-state index contributed by atoms with van der Waals surface area (Å²) in [6, 6.07) is 104. The fourth-order valence-corrected chi connectivity index (χ4v) is 10.2. The molecule has 0 spiro atoms. The highest BCUT2D eigenvalue weighted by molar-refractivity contribution is 6.25. The van der Waals surface area contributed by atoms with Gasteiger partial charge in [-0.05, 0) is 130 Å². The normalized spacial score (nSPS) is 11.2. The highest BCUT2D eigenvalue weighted by Gasteiger charge is 2.22. The lowest BCUT2D eigenvalue weighted by molar-refractivity contribution is 1.28. The number of hydrogen-bond acceptors (Lipinski definition) is 1. The van der Waals surface area contributed by atoms with Crippen LogP contribution in [0.4, 0.5) is 17.1 Å². The first-order valence-electron chi connectivity index (χ1n) is 23.7. The molecule has 1 heteroatoms. The Balaban J connectivity index is 1.03. The number of fused-ring (bicyclic) bond motifs is 3. The molecule has 12 rings (SSSR count). The van der Waals surface area contributed by atoms with E-state index >= 15 is 0 Å². The minimum absolute atomic E-state index is 1.07. The van der Waals surface area contributed by atoms with Gasteiger partial charge in [-0.25, -0.2) is 0 Å². The van der Waals surface area contributed by atoms with E-state index in [9.17, 15) is 0 Å². The zero-order chi connectivity index (χ0) is 45.9. The van der Waals surface area contributed by atoms with Gasteiger partial charge in [-0.2, -0.15) is 0 Å². The number of anilines is 3. The minimum Gasteiger partial charge on any atom is -0.310 e. The molecule has 0 bridgehead atoms. The smallest absolute Gasteiger partial charge is 0.0540 e. The van der Waals surface area contributed by atoms with Crippen LogP contribution in [0.3, 0.4) is 0 Å². The summed E-state index contributed by atoms with van der Waals surface area (Å²) in [5.74, 6) is 0. The topological polar surface area (TPSA) is 3.24 Å². The molecular weight excluding hydrogens is 831 g/mol. The molecule has 0 aliphatic rings. The van der Waals surface area contributed by atoms with E-state index in [4.69, 9.17) is 0 Å². The third-order valence-electron chi connectivity index (χ3n) is 13.5. The molecule has 0 aliphatic carbocycles. The van der Waals surface area contributed by atoms with Crippen molar-refractivity contribution in [2.45, 2.75) is 0 Å². The monoisotopic (exact) mass is 877 g/mol. The van der Waals surface area contributed by atoms with Gasteiger partial charge in [-0.3, -0.25) is 0 Å². The van der Waals surface area contributed by atoms with Gasteiger partial charge in [0.1, 0.15) is 0 Å². The molecule has 0 amide bonds. The maximum absolute atomic E-state index is 2.42.